The van der Waals surface area contributed by atoms with Crippen molar-refractivity contribution in [1.82, 2.24) is 4.98 Å². The summed E-state index contributed by atoms with van der Waals surface area (Å²) in [4.78, 5) is 4.07. The largest absolute Gasteiger partial charge is 0.416 e. The molecule has 2 aromatic rings. The van der Waals surface area contributed by atoms with E-state index < -0.39 is 11.7 Å². The first-order valence-electron chi connectivity index (χ1n) is 9.42. The third-order valence-electron chi connectivity index (χ3n) is 4.52. The van der Waals surface area contributed by atoms with E-state index in [0.29, 0.717) is 5.52 Å². The number of pyridine rings is 1. The quantitative estimate of drug-likeness (QED) is 0.498. The lowest BCUT2D eigenvalue weighted by atomic mass is 10.1. The van der Waals surface area contributed by atoms with Gasteiger partial charge in [-0.2, -0.15) is 13.2 Å². The van der Waals surface area contributed by atoms with E-state index >= 15 is 0 Å². The number of rotatable bonds is 11. The molecule has 1 heterocycles. The molecule has 0 saturated carbocycles. The molecule has 3 nitrogen and oxygen atoms in total. The third-order valence-corrected chi connectivity index (χ3v) is 4.52. The van der Waals surface area contributed by atoms with Crippen molar-refractivity contribution in [2.75, 3.05) is 18.4 Å². The maximum Gasteiger partial charge on any atom is 0.416 e. The first-order valence-corrected chi connectivity index (χ1v) is 9.42. The molecule has 0 atom stereocenters. The summed E-state index contributed by atoms with van der Waals surface area (Å²) in [6.07, 6.45) is 6.76. The summed E-state index contributed by atoms with van der Waals surface area (Å²) >= 11 is 0. The van der Waals surface area contributed by atoms with Crippen LogP contribution in [0.5, 0.6) is 0 Å². The van der Waals surface area contributed by atoms with Gasteiger partial charge in [0.1, 0.15) is 0 Å². The Hall–Kier alpha value is -1.82. The minimum absolute atomic E-state index is 0.363. The molecule has 6 heteroatoms. The number of aromatic nitrogens is 1. The van der Waals surface area contributed by atoms with Gasteiger partial charge in [0.15, 0.2) is 0 Å². The van der Waals surface area contributed by atoms with Crippen molar-refractivity contribution in [3.63, 3.8) is 0 Å². The molecule has 1 aromatic carbocycles. The fraction of sp³-hybridized carbons (Fsp3) is 0.550. The Bertz CT molecular complexity index is 671. The number of hydrogen-bond donors (Lipinski definition) is 2. The van der Waals surface area contributed by atoms with Crippen molar-refractivity contribution in [1.29, 1.82) is 0 Å². The van der Waals surface area contributed by atoms with Crippen molar-refractivity contribution >= 4 is 16.6 Å². The van der Waals surface area contributed by atoms with Crippen LogP contribution >= 0.6 is 0 Å². The summed E-state index contributed by atoms with van der Waals surface area (Å²) in [6, 6.07) is 5.52. The van der Waals surface area contributed by atoms with E-state index in [-0.39, 0.29) is 0 Å². The van der Waals surface area contributed by atoms with Gasteiger partial charge in [-0.05, 0) is 37.6 Å². The Morgan fingerprint density at radius 3 is 2.19 bits per heavy atom. The van der Waals surface area contributed by atoms with Crippen LogP contribution in [0.25, 0.3) is 10.9 Å². The second-order valence-corrected chi connectivity index (χ2v) is 6.63. The Balaban J connectivity index is 1.75. The number of nitrogens with two attached hydrogens (primary N) is 1. The lowest BCUT2D eigenvalue weighted by Gasteiger charge is -2.11. The van der Waals surface area contributed by atoms with Gasteiger partial charge in [0, 0.05) is 23.8 Å². The average Bonchev–Trinajstić information content (AvgIpc) is 2.62. The maximum atomic E-state index is 12.8. The molecule has 0 spiro atoms. The highest BCUT2D eigenvalue weighted by atomic mass is 19.4. The number of anilines is 1. The third kappa shape index (κ3) is 6.48. The summed E-state index contributed by atoms with van der Waals surface area (Å²) in [5, 5.41) is 4.05. The molecule has 0 aliphatic heterocycles. The van der Waals surface area contributed by atoms with E-state index in [4.69, 9.17) is 5.73 Å². The Kier molecular flexibility index (Phi) is 8.16. The Labute approximate surface area is 153 Å². The number of hydrogen-bond acceptors (Lipinski definition) is 3. The van der Waals surface area contributed by atoms with Crippen LogP contribution in [0, 0.1) is 0 Å². The van der Waals surface area contributed by atoms with Crippen molar-refractivity contribution in [3.8, 4) is 0 Å². The minimum Gasteiger partial charge on any atom is -0.384 e. The maximum absolute atomic E-state index is 12.8. The summed E-state index contributed by atoms with van der Waals surface area (Å²) in [5.74, 6) is 0. The highest BCUT2D eigenvalue weighted by Gasteiger charge is 2.30. The van der Waals surface area contributed by atoms with Crippen molar-refractivity contribution in [2.45, 2.75) is 57.5 Å². The molecule has 0 aliphatic rings. The van der Waals surface area contributed by atoms with Gasteiger partial charge in [-0.1, -0.05) is 44.6 Å². The molecule has 0 aliphatic carbocycles. The van der Waals surface area contributed by atoms with E-state index in [9.17, 15) is 13.2 Å². The van der Waals surface area contributed by atoms with Crippen LogP contribution in [0.2, 0.25) is 0 Å². The second-order valence-electron chi connectivity index (χ2n) is 6.63. The lowest BCUT2D eigenvalue weighted by molar-refractivity contribution is -0.137. The van der Waals surface area contributed by atoms with E-state index in [1.807, 2.05) is 6.07 Å². The van der Waals surface area contributed by atoms with Crippen LogP contribution in [0.4, 0.5) is 18.9 Å². The zero-order chi connectivity index (χ0) is 18.8. The number of halogens is 3. The fourth-order valence-corrected chi connectivity index (χ4v) is 3.03. The molecule has 1 aromatic heterocycles. The van der Waals surface area contributed by atoms with E-state index in [2.05, 4.69) is 10.3 Å². The molecule has 0 bridgehead atoms. The molecule has 144 valence electrons. The number of fused-ring (bicyclic) bond motifs is 1. The first-order chi connectivity index (χ1) is 12.5. The van der Waals surface area contributed by atoms with E-state index in [1.165, 1.54) is 38.2 Å². The van der Waals surface area contributed by atoms with Gasteiger partial charge in [0.2, 0.25) is 0 Å². The Morgan fingerprint density at radius 2 is 1.54 bits per heavy atom. The van der Waals surface area contributed by atoms with Crippen molar-refractivity contribution in [2.24, 2.45) is 5.73 Å². The molecule has 0 amide bonds. The van der Waals surface area contributed by atoms with Gasteiger partial charge >= 0.3 is 6.18 Å². The van der Waals surface area contributed by atoms with Gasteiger partial charge in [-0.15, -0.1) is 0 Å². The van der Waals surface area contributed by atoms with Crippen molar-refractivity contribution < 1.29 is 13.2 Å². The summed E-state index contributed by atoms with van der Waals surface area (Å²) in [7, 11) is 0. The molecule has 0 radical (unpaired) electrons. The molecule has 2 rings (SSSR count). The highest BCUT2D eigenvalue weighted by molar-refractivity contribution is 5.91. The predicted octanol–water partition coefficient (Wildman–Crippen LogP) is 5.75. The zero-order valence-corrected chi connectivity index (χ0v) is 15.1. The van der Waals surface area contributed by atoms with Crippen molar-refractivity contribution in [3.05, 3.63) is 36.0 Å². The first kappa shape index (κ1) is 20.5. The Morgan fingerprint density at radius 1 is 0.885 bits per heavy atom. The molecular weight excluding hydrogens is 339 g/mol. The zero-order valence-electron chi connectivity index (χ0n) is 15.1. The summed E-state index contributed by atoms with van der Waals surface area (Å²) in [5.41, 5.74) is 6.01. The lowest BCUT2D eigenvalue weighted by Crippen LogP contribution is -2.06. The molecule has 0 fully saturated rings. The van der Waals surface area contributed by atoms with Crippen LogP contribution in [0.1, 0.15) is 56.9 Å². The topological polar surface area (TPSA) is 50.9 Å². The van der Waals surface area contributed by atoms with Crippen LogP contribution in [0.15, 0.2) is 30.5 Å². The number of unbranched alkanes of at least 4 members (excludes halogenated alkanes) is 7. The van der Waals surface area contributed by atoms with Crippen LogP contribution in [-0.2, 0) is 6.18 Å². The van der Waals surface area contributed by atoms with Crippen LogP contribution in [0.3, 0.4) is 0 Å². The molecule has 0 saturated heterocycles. The minimum atomic E-state index is -4.34. The summed E-state index contributed by atoms with van der Waals surface area (Å²) < 4.78 is 38.4. The van der Waals surface area contributed by atoms with Gasteiger partial charge in [0.05, 0.1) is 11.1 Å². The fourth-order valence-electron chi connectivity index (χ4n) is 3.03. The SMILES string of the molecule is NCCCCCCCCCCNc1ccnc2cc(C(F)(F)F)ccc12. The number of nitrogens with zero attached hydrogens (tertiary/aromatic N) is 1. The number of nitrogens with one attached hydrogen (secondary N) is 1. The second kappa shape index (κ2) is 10.4. The molecule has 3 N–H and O–H groups in total. The molecule has 0 unspecified atom stereocenters. The number of benzene rings is 1. The molecule has 26 heavy (non-hydrogen) atoms. The van der Waals surface area contributed by atoms with E-state index in [0.717, 1.165) is 55.6 Å². The number of alkyl halides is 3. The van der Waals surface area contributed by atoms with Gasteiger partial charge in [-0.3, -0.25) is 4.98 Å². The predicted molar refractivity (Wildman–Crippen MR) is 101 cm³/mol. The van der Waals surface area contributed by atoms with Gasteiger partial charge < -0.3 is 11.1 Å². The standard InChI is InChI=1S/C20H28F3N3/c21-20(22,23)16-9-10-17-18(11-14-26-19(17)15-16)25-13-8-6-4-2-1-3-5-7-12-24/h9-11,14-15H,1-8,12-13,24H2,(H,25,26). The van der Waals surface area contributed by atoms with Gasteiger partial charge in [-0.25, -0.2) is 0 Å². The monoisotopic (exact) mass is 367 g/mol. The van der Waals surface area contributed by atoms with Crippen LogP contribution < -0.4 is 11.1 Å². The van der Waals surface area contributed by atoms with Crippen LogP contribution in [-0.4, -0.2) is 18.1 Å². The van der Waals surface area contributed by atoms with Gasteiger partial charge in [0.25, 0.3) is 0 Å². The normalized spacial score (nSPS) is 11.8. The van der Waals surface area contributed by atoms with E-state index in [1.54, 1.807) is 6.20 Å². The summed E-state index contributed by atoms with van der Waals surface area (Å²) in [6.45, 7) is 1.60. The highest BCUT2D eigenvalue weighted by Crippen LogP contribution is 2.32. The molecular formula is C20H28F3N3. The average molecular weight is 367 g/mol. The smallest absolute Gasteiger partial charge is 0.384 e.